The van der Waals surface area contributed by atoms with Gasteiger partial charge in [0, 0.05) is 6.04 Å². The maximum Gasteiger partial charge on any atom is 0.326 e. The van der Waals surface area contributed by atoms with Gasteiger partial charge in [0.1, 0.15) is 12.1 Å². The van der Waals surface area contributed by atoms with E-state index in [4.69, 9.17) is 10.8 Å². The van der Waals surface area contributed by atoms with Crippen molar-refractivity contribution in [1.82, 2.24) is 10.2 Å². The van der Waals surface area contributed by atoms with E-state index in [-0.39, 0.29) is 11.9 Å². The zero-order valence-corrected chi connectivity index (χ0v) is 12.0. The van der Waals surface area contributed by atoms with Gasteiger partial charge in [0.05, 0.1) is 0 Å². The van der Waals surface area contributed by atoms with E-state index in [1.165, 1.54) is 11.8 Å². The van der Waals surface area contributed by atoms with Crippen LogP contribution in [-0.2, 0) is 9.59 Å². The lowest BCUT2D eigenvalue weighted by Gasteiger charge is -2.30. The summed E-state index contributed by atoms with van der Waals surface area (Å²) in [5.41, 5.74) is 5.09. The van der Waals surface area contributed by atoms with Crippen LogP contribution in [0.2, 0.25) is 0 Å². The van der Waals surface area contributed by atoms with Crippen molar-refractivity contribution in [3.63, 3.8) is 0 Å². The number of unbranched alkanes of at least 4 members (excludes halogenated alkanes) is 1. The monoisotopic (exact) mass is 285 g/mol. The van der Waals surface area contributed by atoms with E-state index < -0.39 is 24.1 Å². The van der Waals surface area contributed by atoms with Crippen molar-refractivity contribution in [3.05, 3.63) is 0 Å². The van der Waals surface area contributed by atoms with Gasteiger partial charge >= 0.3 is 12.0 Å². The lowest BCUT2D eigenvalue weighted by atomic mass is 10.1. The number of hydrogen-bond acceptors (Lipinski definition) is 3. The number of hydrogen-bond donors (Lipinski definition) is 3. The number of nitrogens with two attached hydrogens (primary N) is 1. The molecule has 1 fully saturated rings. The molecule has 0 heterocycles. The number of carboxylic acid groups (broad SMARTS) is 1. The van der Waals surface area contributed by atoms with Crippen molar-refractivity contribution in [2.45, 2.75) is 64.1 Å². The number of amides is 3. The number of nitrogens with zero attached hydrogens (tertiary/aromatic N) is 1. The van der Waals surface area contributed by atoms with Crippen LogP contribution in [0, 0.1) is 0 Å². The van der Waals surface area contributed by atoms with Crippen LogP contribution in [-0.4, -0.2) is 46.0 Å². The van der Waals surface area contributed by atoms with Gasteiger partial charge in [-0.25, -0.2) is 9.59 Å². The summed E-state index contributed by atoms with van der Waals surface area (Å²) in [7, 11) is 0. The molecule has 0 aliphatic heterocycles. The molecule has 0 aromatic heterocycles. The quantitative estimate of drug-likeness (QED) is 0.608. The first-order valence-electron chi connectivity index (χ1n) is 6.99. The van der Waals surface area contributed by atoms with Crippen LogP contribution >= 0.6 is 0 Å². The van der Waals surface area contributed by atoms with Gasteiger partial charge in [0.25, 0.3) is 0 Å². The average Bonchev–Trinajstić information content (AvgIpc) is 3.18. The molecule has 0 spiro atoms. The van der Waals surface area contributed by atoms with Crippen LogP contribution in [0.3, 0.4) is 0 Å². The van der Waals surface area contributed by atoms with Gasteiger partial charge < -0.3 is 21.1 Å². The molecule has 4 N–H and O–H groups in total. The Morgan fingerprint density at radius 1 is 1.40 bits per heavy atom. The van der Waals surface area contributed by atoms with Gasteiger partial charge in [-0.1, -0.05) is 19.8 Å². The molecule has 0 saturated heterocycles. The Morgan fingerprint density at radius 2 is 2.00 bits per heavy atom. The highest BCUT2D eigenvalue weighted by molar-refractivity contribution is 5.90. The molecule has 2 unspecified atom stereocenters. The number of primary amides is 1. The number of urea groups is 1. The first-order valence-corrected chi connectivity index (χ1v) is 6.99. The summed E-state index contributed by atoms with van der Waals surface area (Å²) >= 11 is 0. The van der Waals surface area contributed by atoms with E-state index in [0.29, 0.717) is 6.42 Å². The molecular formula is C13H23N3O4. The summed E-state index contributed by atoms with van der Waals surface area (Å²) in [6.45, 7) is 3.46. The predicted octanol–water partition coefficient (Wildman–Crippen LogP) is 0.678. The molecule has 7 heteroatoms. The van der Waals surface area contributed by atoms with Gasteiger partial charge in [-0.2, -0.15) is 0 Å². The summed E-state index contributed by atoms with van der Waals surface area (Å²) < 4.78 is 0. The van der Waals surface area contributed by atoms with Crippen LogP contribution in [0.1, 0.15) is 46.0 Å². The van der Waals surface area contributed by atoms with Crippen molar-refractivity contribution in [2.24, 2.45) is 5.73 Å². The highest BCUT2D eigenvalue weighted by Gasteiger charge is 2.40. The number of carboxylic acids is 1. The Labute approximate surface area is 118 Å². The van der Waals surface area contributed by atoms with Gasteiger partial charge in [0.2, 0.25) is 5.91 Å². The van der Waals surface area contributed by atoms with E-state index in [9.17, 15) is 14.4 Å². The smallest absolute Gasteiger partial charge is 0.326 e. The van der Waals surface area contributed by atoms with Crippen molar-refractivity contribution in [3.8, 4) is 0 Å². The second kappa shape index (κ2) is 7.12. The predicted molar refractivity (Wildman–Crippen MR) is 73.0 cm³/mol. The lowest BCUT2D eigenvalue weighted by molar-refractivity contribution is -0.150. The minimum atomic E-state index is -1.04. The normalized spacial score (nSPS) is 17.1. The maximum absolute atomic E-state index is 12.5. The fourth-order valence-corrected chi connectivity index (χ4v) is 2.18. The number of nitrogens with one attached hydrogen (secondary N) is 1. The van der Waals surface area contributed by atoms with Crippen molar-refractivity contribution in [1.29, 1.82) is 0 Å². The number of carbonyl (C=O) groups is 3. The number of carbonyl (C=O) groups excluding carboxylic acids is 2. The standard InChI is InChI=1S/C13H23N3O4/c1-3-4-5-10(15-13(14)20)11(17)16(9-6-7-9)8(2)12(18)19/h8-10H,3-7H2,1-2H3,(H,18,19)(H3,14,15,20). The minimum Gasteiger partial charge on any atom is -0.480 e. The topological polar surface area (TPSA) is 113 Å². The number of aliphatic carboxylic acids is 1. The minimum absolute atomic E-state index is 0.0348. The summed E-state index contributed by atoms with van der Waals surface area (Å²) in [5.74, 6) is -1.40. The van der Waals surface area contributed by atoms with E-state index in [1.807, 2.05) is 6.92 Å². The summed E-state index contributed by atoms with van der Waals surface area (Å²) in [5, 5.41) is 11.5. The Kier molecular flexibility index (Phi) is 5.79. The molecule has 1 aliphatic rings. The molecule has 0 bridgehead atoms. The third-order valence-electron chi connectivity index (χ3n) is 3.43. The molecule has 1 rings (SSSR count). The van der Waals surface area contributed by atoms with Crippen LogP contribution in [0.25, 0.3) is 0 Å². The van der Waals surface area contributed by atoms with Crippen molar-refractivity contribution >= 4 is 17.9 Å². The Bertz CT molecular complexity index is 382. The summed E-state index contributed by atoms with van der Waals surface area (Å²) in [4.78, 5) is 36.0. The van der Waals surface area contributed by atoms with Crippen LogP contribution in [0.15, 0.2) is 0 Å². The molecule has 0 radical (unpaired) electrons. The molecule has 3 amide bonds. The second-order valence-corrected chi connectivity index (χ2v) is 5.19. The van der Waals surface area contributed by atoms with E-state index in [1.54, 1.807) is 0 Å². The molecule has 1 aliphatic carbocycles. The third-order valence-corrected chi connectivity index (χ3v) is 3.43. The molecule has 7 nitrogen and oxygen atoms in total. The Morgan fingerprint density at radius 3 is 2.40 bits per heavy atom. The number of rotatable bonds is 8. The van der Waals surface area contributed by atoms with Gasteiger partial charge in [-0.05, 0) is 26.2 Å². The largest absolute Gasteiger partial charge is 0.480 e. The lowest BCUT2D eigenvalue weighted by Crippen LogP contribution is -2.54. The third kappa shape index (κ3) is 4.40. The molecule has 0 aromatic carbocycles. The first-order chi connectivity index (χ1) is 9.38. The zero-order valence-electron chi connectivity index (χ0n) is 12.0. The first kappa shape index (κ1) is 16.3. The Balaban J connectivity index is 2.82. The second-order valence-electron chi connectivity index (χ2n) is 5.19. The van der Waals surface area contributed by atoms with Crippen molar-refractivity contribution in [2.75, 3.05) is 0 Å². The van der Waals surface area contributed by atoms with E-state index in [0.717, 1.165) is 25.7 Å². The molecule has 2 atom stereocenters. The highest BCUT2D eigenvalue weighted by atomic mass is 16.4. The highest BCUT2D eigenvalue weighted by Crippen LogP contribution is 2.29. The maximum atomic E-state index is 12.5. The molecule has 1 saturated carbocycles. The van der Waals surface area contributed by atoms with Crippen LogP contribution in [0.5, 0.6) is 0 Å². The fourth-order valence-electron chi connectivity index (χ4n) is 2.18. The average molecular weight is 285 g/mol. The fraction of sp³-hybridized carbons (Fsp3) is 0.769. The van der Waals surface area contributed by atoms with E-state index in [2.05, 4.69) is 5.32 Å². The van der Waals surface area contributed by atoms with Crippen LogP contribution < -0.4 is 11.1 Å². The molecule has 20 heavy (non-hydrogen) atoms. The zero-order chi connectivity index (χ0) is 15.3. The summed E-state index contributed by atoms with van der Waals surface area (Å²) in [6, 6.07) is -2.44. The van der Waals surface area contributed by atoms with E-state index >= 15 is 0 Å². The van der Waals surface area contributed by atoms with Gasteiger partial charge in [-0.15, -0.1) is 0 Å². The van der Waals surface area contributed by atoms with Crippen LogP contribution in [0.4, 0.5) is 4.79 Å². The van der Waals surface area contributed by atoms with Crippen molar-refractivity contribution < 1.29 is 19.5 Å². The molecular weight excluding hydrogens is 262 g/mol. The molecule has 0 aromatic rings. The Hall–Kier alpha value is -1.79. The summed E-state index contributed by atoms with van der Waals surface area (Å²) in [6.07, 6.45) is 3.72. The molecule has 114 valence electrons. The SMILES string of the molecule is CCCCC(NC(N)=O)C(=O)N(C1CC1)C(C)C(=O)O. The van der Waals surface area contributed by atoms with Gasteiger partial charge in [-0.3, -0.25) is 4.79 Å². The van der Waals surface area contributed by atoms with Gasteiger partial charge in [0.15, 0.2) is 0 Å².